The lowest BCUT2D eigenvalue weighted by molar-refractivity contribution is 0.102. The third kappa shape index (κ3) is 3.81. The molecule has 0 fully saturated rings. The normalized spacial score (nSPS) is 11.3. The molecule has 0 unspecified atom stereocenters. The van der Waals surface area contributed by atoms with Gasteiger partial charge in [0.25, 0.3) is 5.91 Å². The second-order valence-electron chi connectivity index (χ2n) is 4.37. The standard InChI is InChI=1S/C14H12F2N2O4S/c1-22-12-7-4-10(8-17-12)18-13(19)9-2-5-11(6-3-9)23(20,21)14(15)16/h2-8,14H,1H3,(H,18,19). The number of alkyl halides is 2. The minimum Gasteiger partial charge on any atom is -0.481 e. The van der Waals surface area contributed by atoms with Gasteiger partial charge in [0.15, 0.2) is 0 Å². The fraction of sp³-hybridized carbons (Fsp3) is 0.143. The predicted octanol–water partition coefficient (Wildman–Crippen LogP) is 2.34. The van der Waals surface area contributed by atoms with Gasteiger partial charge in [0.1, 0.15) is 0 Å². The summed E-state index contributed by atoms with van der Waals surface area (Å²) in [6.45, 7) is 0. The van der Waals surface area contributed by atoms with E-state index in [1.165, 1.54) is 13.3 Å². The van der Waals surface area contributed by atoms with Crippen molar-refractivity contribution in [1.82, 2.24) is 4.98 Å². The molecule has 2 rings (SSSR count). The number of ether oxygens (including phenoxy) is 1. The highest BCUT2D eigenvalue weighted by Crippen LogP contribution is 2.19. The molecule has 0 atom stereocenters. The Hall–Kier alpha value is -2.55. The van der Waals surface area contributed by atoms with Crippen LogP contribution in [0.3, 0.4) is 0 Å². The summed E-state index contributed by atoms with van der Waals surface area (Å²) in [6, 6.07) is 7.35. The molecular weight excluding hydrogens is 330 g/mol. The fourth-order valence-corrected chi connectivity index (χ4v) is 2.40. The zero-order chi connectivity index (χ0) is 17.0. The smallest absolute Gasteiger partial charge is 0.341 e. The maximum absolute atomic E-state index is 12.4. The largest absolute Gasteiger partial charge is 0.481 e. The van der Waals surface area contributed by atoms with E-state index in [1.807, 2.05) is 0 Å². The molecule has 0 saturated carbocycles. The van der Waals surface area contributed by atoms with Gasteiger partial charge in [-0.15, -0.1) is 0 Å². The first kappa shape index (κ1) is 16.8. The molecule has 0 aliphatic heterocycles. The van der Waals surface area contributed by atoms with Crippen LogP contribution in [0.25, 0.3) is 0 Å². The summed E-state index contributed by atoms with van der Waals surface area (Å²) < 4.78 is 52.3. The van der Waals surface area contributed by atoms with Crippen LogP contribution in [-0.2, 0) is 9.84 Å². The van der Waals surface area contributed by atoms with Crippen molar-refractivity contribution in [3.05, 3.63) is 48.2 Å². The van der Waals surface area contributed by atoms with Gasteiger partial charge >= 0.3 is 5.76 Å². The first-order valence-electron chi connectivity index (χ1n) is 6.28. The SMILES string of the molecule is COc1ccc(NC(=O)c2ccc(S(=O)(=O)C(F)F)cc2)cn1. The van der Waals surface area contributed by atoms with E-state index in [0.29, 0.717) is 11.6 Å². The minimum absolute atomic E-state index is 0.119. The molecule has 6 nitrogen and oxygen atoms in total. The van der Waals surface area contributed by atoms with E-state index in [0.717, 1.165) is 24.3 Å². The van der Waals surface area contributed by atoms with Crippen LogP contribution in [0.2, 0.25) is 0 Å². The molecule has 2 aromatic rings. The highest BCUT2D eigenvalue weighted by molar-refractivity contribution is 7.91. The zero-order valence-electron chi connectivity index (χ0n) is 11.9. The molecule has 1 heterocycles. The number of carbonyl (C=O) groups is 1. The van der Waals surface area contributed by atoms with E-state index >= 15 is 0 Å². The molecule has 1 aromatic carbocycles. The van der Waals surface area contributed by atoms with E-state index in [9.17, 15) is 22.0 Å². The minimum atomic E-state index is -4.67. The van der Waals surface area contributed by atoms with Crippen LogP contribution < -0.4 is 10.1 Å². The van der Waals surface area contributed by atoms with Crippen LogP contribution in [0.15, 0.2) is 47.5 Å². The third-order valence-electron chi connectivity index (χ3n) is 2.88. The lowest BCUT2D eigenvalue weighted by Crippen LogP contribution is -2.14. The Balaban J connectivity index is 2.14. The van der Waals surface area contributed by atoms with Crippen LogP contribution in [0.5, 0.6) is 5.88 Å². The van der Waals surface area contributed by atoms with Crippen molar-refractivity contribution in [3.8, 4) is 5.88 Å². The quantitative estimate of drug-likeness (QED) is 0.901. The maximum Gasteiger partial charge on any atom is 0.341 e. The zero-order valence-corrected chi connectivity index (χ0v) is 12.7. The number of aromatic nitrogens is 1. The Kier molecular flexibility index (Phi) is 4.89. The first-order valence-corrected chi connectivity index (χ1v) is 7.82. The van der Waals surface area contributed by atoms with Gasteiger partial charge in [-0.05, 0) is 30.3 Å². The molecule has 0 bridgehead atoms. The van der Waals surface area contributed by atoms with Crippen molar-refractivity contribution in [2.24, 2.45) is 0 Å². The number of hydrogen-bond donors (Lipinski definition) is 1. The van der Waals surface area contributed by atoms with Gasteiger partial charge in [-0.25, -0.2) is 13.4 Å². The monoisotopic (exact) mass is 342 g/mol. The van der Waals surface area contributed by atoms with E-state index in [4.69, 9.17) is 4.74 Å². The van der Waals surface area contributed by atoms with Gasteiger partial charge in [0, 0.05) is 11.6 Å². The van der Waals surface area contributed by atoms with Gasteiger partial charge in [0.2, 0.25) is 15.7 Å². The van der Waals surface area contributed by atoms with Crippen molar-refractivity contribution in [2.75, 3.05) is 12.4 Å². The van der Waals surface area contributed by atoms with Gasteiger partial charge in [-0.1, -0.05) is 0 Å². The maximum atomic E-state index is 12.4. The summed E-state index contributed by atoms with van der Waals surface area (Å²) in [6.07, 6.45) is 1.38. The summed E-state index contributed by atoms with van der Waals surface area (Å²) in [5, 5.41) is 2.54. The van der Waals surface area contributed by atoms with Crippen LogP contribution >= 0.6 is 0 Å². The average Bonchev–Trinajstić information content (AvgIpc) is 2.55. The molecule has 0 aliphatic carbocycles. The Morgan fingerprint density at radius 1 is 1.17 bits per heavy atom. The van der Waals surface area contributed by atoms with Gasteiger partial charge in [-0.2, -0.15) is 8.78 Å². The molecule has 1 amide bonds. The Bertz CT molecular complexity index is 791. The molecule has 9 heteroatoms. The first-order chi connectivity index (χ1) is 10.8. The van der Waals surface area contributed by atoms with Gasteiger partial charge in [-0.3, -0.25) is 4.79 Å². The summed E-state index contributed by atoms with van der Waals surface area (Å²) >= 11 is 0. The van der Waals surface area contributed by atoms with Crippen molar-refractivity contribution < 1.29 is 26.7 Å². The number of sulfone groups is 1. The van der Waals surface area contributed by atoms with E-state index in [2.05, 4.69) is 10.3 Å². The molecule has 1 aromatic heterocycles. The highest BCUT2D eigenvalue weighted by atomic mass is 32.2. The van der Waals surface area contributed by atoms with Gasteiger partial charge < -0.3 is 10.1 Å². The van der Waals surface area contributed by atoms with Crippen LogP contribution in [0.1, 0.15) is 10.4 Å². The number of nitrogens with one attached hydrogen (secondary N) is 1. The van der Waals surface area contributed by atoms with Crippen LogP contribution in [0, 0.1) is 0 Å². The summed E-state index contributed by atoms with van der Waals surface area (Å²) in [7, 11) is -3.22. The highest BCUT2D eigenvalue weighted by Gasteiger charge is 2.26. The van der Waals surface area contributed by atoms with Crippen molar-refractivity contribution in [2.45, 2.75) is 10.7 Å². The molecule has 0 radical (unpaired) electrons. The van der Waals surface area contributed by atoms with Crippen LogP contribution in [0.4, 0.5) is 14.5 Å². The van der Waals surface area contributed by atoms with Gasteiger partial charge in [0.05, 0.1) is 23.9 Å². The number of pyridine rings is 1. The Morgan fingerprint density at radius 3 is 2.30 bits per heavy atom. The number of rotatable bonds is 5. The summed E-state index contributed by atoms with van der Waals surface area (Å²) in [4.78, 5) is 15.4. The number of hydrogen-bond acceptors (Lipinski definition) is 5. The Labute approximate surface area is 131 Å². The number of amides is 1. The molecule has 122 valence electrons. The topological polar surface area (TPSA) is 85.4 Å². The number of anilines is 1. The van der Waals surface area contributed by atoms with E-state index < -0.39 is 26.4 Å². The molecular formula is C14H12F2N2O4S. The van der Waals surface area contributed by atoms with E-state index in [1.54, 1.807) is 12.1 Å². The molecule has 1 N–H and O–H groups in total. The lowest BCUT2D eigenvalue weighted by atomic mass is 10.2. The molecule has 0 spiro atoms. The van der Waals surface area contributed by atoms with Crippen molar-refractivity contribution in [1.29, 1.82) is 0 Å². The number of methoxy groups -OCH3 is 1. The predicted molar refractivity (Wildman–Crippen MR) is 78.4 cm³/mol. The third-order valence-corrected chi connectivity index (χ3v) is 4.28. The number of carbonyl (C=O) groups excluding carboxylic acids is 1. The number of nitrogens with zero attached hydrogens (tertiary/aromatic N) is 1. The molecule has 0 saturated heterocycles. The summed E-state index contributed by atoms with van der Waals surface area (Å²) in [5.74, 6) is -3.66. The second-order valence-corrected chi connectivity index (χ2v) is 6.29. The fourth-order valence-electron chi connectivity index (χ4n) is 1.68. The van der Waals surface area contributed by atoms with Crippen LogP contribution in [-0.4, -0.2) is 32.2 Å². The van der Waals surface area contributed by atoms with E-state index in [-0.39, 0.29) is 5.56 Å². The average molecular weight is 342 g/mol. The second kappa shape index (κ2) is 6.69. The molecule has 0 aliphatic rings. The summed E-state index contributed by atoms with van der Waals surface area (Å²) in [5.41, 5.74) is 0.522. The number of halogens is 2. The lowest BCUT2D eigenvalue weighted by Gasteiger charge is -2.07. The van der Waals surface area contributed by atoms with Crippen molar-refractivity contribution >= 4 is 21.4 Å². The van der Waals surface area contributed by atoms with Crippen molar-refractivity contribution in [3.63, 3.8) is 0 Å². The Morgan fingerprint density at radius 2 is 1.83 bits per heavy atom. The number of benzene rings is 1. The molecule has 23 heavy (non-hydrogen) atoms.